The number of nitrogens with zero attached hydrogens (tertiary/aromatic N) is 2. The van der Waals surface area contributed by atoms with Crippen molar-refractivity contribution in [1.29, 1.82) is 10.5 Å². The number of amides is 1. The number of nitrogens with one attached hydrogen (secondary N) is 1. The second-order valence-electron chi connectivity index (χ2n) is 6.89. The van der Waals surface area contributed by atoms with Crippen LogP contribution in [0.5, 0.6) is 5.75 Å². The highest BCUT2D eigenvalue weighted by molar-refractivity contribution is 7.16. The lowest BCUT2D eigenvalue weighted by Gasteiger charge is -2.09. The van der Waals surface area contributed by atoms with Gasteiger partial charge in [0.2, 0.25) is 0 Å². The van der Waals surface area contributed by atoms with E-state index in [0.29, 0.717) is 10.6 Å². The van der Waals surface area contributed by atoms with E-state index in [2.05, 4.69) is 11.4 Å². The molecule has 1 aromatic carbocycles. The molecular weight excluding hydrogens is 370 g/mol. The number of fused-ring (bicyclic) bond motifs is 1. The second-order valence-corrected chi connectivity index (χ2v) is 7.99. The predicted octanol–water partition coefficient (Wildman–Crippen LogP) is 4.83. The molecule has 142 valence electrons. The van der Waals surface area contributed by atoms with Crippen molar-refractivity contribution in [3.63, 3.8) is 0 Å². The molecule has 0 bridgehead atoms. The van der Waals surface area contributed by atoms with Crippen LogP contribution < -0.4 is 10.1 Å². The molecular formula is C22H21N3O2S. The Bertz CT molecular complexity index is 989. The predicted molar refractivity (Wildman–Crippen MR) is 110 cm³/mol. The normalized spacial score (nSPS) is 13.4. The van der Waals surface area contributed by atoms with Crippen LogP contribution in [0.25, 0.3) is 6.08 Å². The van der Waals surface area contributed by atoms with Gasteiger partial charge in [0.15, 0.2) is 0 Å². The largest absolute Gasteiger partial charge is 0.491 e. The molecule has 1 amide bonds. The highest BCUT2D eigenvalue weighted by Crippen LogP contribution is 2.37. The lowest BCUT2D eigenvalue weighted by Crippen LogP contribution is -2.13. The van der Waals surface area contributed by atoms with E-state index in [1.807, 2.05) is 19.9 Å². The summed E-state index contributed by atoms with van der Waals surface area (Å²) < 4.78 is 5.60. The van der Waals surface area contributed by atoms with Crippen LogP contribution in [0.1, 0.15) is 48.3 Å². The first-order valence-corrected chi connectivity index (χ1v) is 10.1. The quantitative estimate of drug-likeness (QED) is 0.584. The van der Waals surface area contributed by atoms with Crippen LogP contribution in [0.3, 0.4) is 0 Å². The second kappa shape index (κ2) is 8.73. The van der Waals surface area contributed by atoms with Crippen LogP contribution >= 0.6 is 11.3 Å². The molecule has 0 radical (unpaired) electrons. The van der Waals surface area contributed by atoms with E-state index < -0.39 is 5.91 Å². The Labute approximate surface area is 168 Å². The average Bonchev–Trinajstić information content (AvgIpc) is 3.03. The van der Waals surface area contributed by atoms with Crippen molar-refractivity contribution in [1.82, 2.24) is 0 Å². The van der Waals surface area contributed by atoms with Gasteiger partial charge < -0.3 is 10.1 Å². The zero-order valence-electron chi connectivity index (χ0n) is 15.9. The van der Waals surface area contributed by atoms with Gasteiger partial charge in [0.25, 0.3) is 5.91 Å². The number of aryl methyl sites for hydroxylation is 1. The highest BCUT2D eigenvalue weighted by atomic mass is 32.1. The summed E-state index contributed by atoms with van der Waals surface area (Å²) in [6, 6.07) is 11.4. The molecule has 5 nitrogen and oxygen atoms in total. The van der Waals surface area contributed by atoms with Crippen molar-refractivity contribution in [2.24, 2.45) is 0 Å². The van der Waals surface area contributed by atoms with Crippen molar-refractivity contribution in [3.05, 3.63) is 51.4 Å². The summed E-state index contributed by atoms with van der Waals surface area (Å²) in [5.41, 5.74) is 2.32. The first-order valence-electron chi connectivity index (χ1n) is 9.26. The van der Waals surface area contributed by atoms with E-state index in [0.717, 1.165) is 42.6 Å². The number of benzene rings is 1. The van der Waals surface area contributed by atoms with Gasteiger partial charge in [0.05, 0.1) is 11.7 Å². The first kappa shape index (κ1) is 19.7. The average molecular weight is 391 g/mol. The van der Waals surface area contributed by atoms with E-state index in [-0.39, 0.29) is 11.7 Å². The fourth-order valence-corrected chi connectivity index (χ4v) is 4.41. The molecule has 1 aliphatic rings. The maximum Gasteiger partial charge on any atom is 0.266 e. The number of nitriles is 2. The minimum Gasteiger partial charge on any atom is -0.491 e. The Kier molecular flexibility index (Phi) is 6.13. The number of thiophene rings is 1. The summed E-state index contributed by atoms with van der Waals surface area (Å²) in [5, 5.41) is 22.3. The fourth-order valence-electron chi connectivity index (χ4n) is 3.17. The molecule has 0 fully saturated rings. The van der Waals surface area contributed by atoms with Gasteiger partial charge >= 0.3 is 0 Å². The monoisotopic (exact) mass is 391 g/mol. The third-order valence-electron chi connectivity index (χ3n) is 4.44. The van der Waals surface area contributed by atoms with Gasteiger partial charge in [-0.05, 0) is 68.9 Å². The number of hydrogen-bond donors (Lipinski definition) is 1. The third-order valence-corrected chi connectivity index (χ3v) is 5.65. The number of carbonyl (C=O) groups is 1. The van der Waals surface area contributed by atoms with Crippen LogP contribution in [0, 0.1) is 22.7 Å². The van der Waals surface area contributed by atoms with E-state index in [1.165, 1.54) is 22.3 Å². The van der Waals surface area contributed by atoms with Crippen molar-refractivity contribution >= 4 is 28.3 Å². The molecule has 28 heavy (non-hydrogen) atoms. The maximum absolute atomic E-state index is 12.6. The topological polar surface area (TPSA) is 85.9 Å². The molecule has 1 heterocycles. The Balaban J connectivity index is 1.79. The highest BCUT2D eigenvalue weighted by Gasteiger charge is 2.22. The molecule has 3 rings (SSSR count). The summed E-state index contributed by atoms with van der Waals surface area (Å²) in [4.78, 5) is 13.8. The zero-order chi connectivity index (χ0) is 20.1. The van der Waals surface area contributed by atoms with Crippen molar-refractivity contribution in [2.45, 2.75) is 45.6 Å². The molecule has 1 aromatic heterocycles. The molecule has 6 heteroatoms. The van der Waals surface area contributed by atoms with Gasteiger partial charge in [-0.25, -0.2) is 0 Å². The van der Waals surface area contributed by atoms with E-state index >= 15 is 0 Å². The minimum atomic E-state index is -0.500. The fraction of sp³-hybridized carbons (Fsp3) is 0.318. The first-order chi connectivity index (χ1) is 13.5. The van der Waals surface area contributed by atoms with Gasteiger partial charge in [-0.15, -0.1) is 11.3 Å². The molecule has 0 spiro atoms. The van der Waals surface area contributed by atoms with Crippen molar-refractivity contribution in [2.75, 3.05) is 5.32 Å². The summed E-state index contributed by atoms with van der Waals surface area (Å²) in [7, 11) is 0. The van der Waals surface area contributed by atoms with Crippen LogP contribution in [0.2, 0.25) is 0 Å². The number of carbonyl (C=O) groups excluding carboxylic acids is 1. The smallest absolute Gasteiger partial charge is 0.266 e. The lowest BCUT2D eigenvalue weighted by atomic mass is 9.96. The number of rotatable bonds is 5. The number of anilines is 1. The minimum absolute atomic E-state index is 0.00668. The molecule has 1 aliphatic carbocycles. The molecule has 2 aromatic rings. The Morgan fingerprint density at radius 2 is 1.93 bits per heavy atom. The summed E-state index contributed by atoms with van der Waals surface area (Å²) in [6.45, 7) is 3.90. The van der Waals surface area contributed by atoms with Crippen molar-refractivity contribution in [3.8, 4) is 17.9 Å². The van der Waals surface area contributed by atoms with E-state index in [9.17, 15) is 15.3 Å². The van der Waals surface area contributed by atoms with Crippen LogP contribution in [0.15, 0.2) is 29.8 Å². The Morgan fingerprint density at radius 1 is 1.21 bits per heavy atom. The maximum atomic E-state index is 12.6. The van der Waals surface area contributed by atoms with Gasteiger partial charge in [-0.1, -0.05) is 12.1 Å². The van der Waals surface area contributed by atoms with Gasteiger partial charge in [0.1, 0.15) is 28.5 Å². The summed E-state index contributed by atoms with van der Waals surface area (Å²) in [5.74, 6) is 0.234. The van der Waals surface area contributed by atoms with Crippen LogP contribution in [-0.2, 0) is 17.6 Å². The van der Waals surface area contributed by atoms with E-state index in [4.69, 9.17) is 4.74 Å². The SMILES string of the molecule is CC(C)Oc1ccc(/C=C(\C#N)C(=O)Nc2sc3c(c2C#N)CCCC3)cc1. The van der Waals surface area contributed by atoms with Gasteiger partial charge in [0, 0.05) is 4.88 Å². The third kappa shape index (κ3) is 4.42. The number of ether oxygens (including phenoxy) is 1. The number of hydrogen-bond acceptors (Lipinski definition) is 5. The molecule has 0 atom stereocenters. The lowest BCUT2D eigenvalue weighted by molar-refractivity contribution is -0.112. The molecule has 0 unspecified atom stereocenters. The van der Waals surface area contributed by atoms with Crippen molar-refractivity contribution < 1.29 is 9.53 Å². The van der Waals surface area contributed by atoms with E-state index in [1.54, 1.807) is 24.3 Å². The zero-order valence-corrected chi connectivity index (χ0v) is 16.7. The molecule has 1 N–H and O–H groups in total. The summed E-state index contributed by atoms with van der Waals surface area (Å²) in [6.07, 6.45) is 5.59. The summed E-state index contributed by atoms with van der Waals surface area (Å²) >= 11 is 1.45. The standard InChI is InChI=1S/C22H21N3O2S/c1-14(2)27-17-9-7-15(8-10-17)11-16(12-23)21(26)25-22-19(13-24)18-5-3-4-6-20(18)28-22/h7-11,14H,3-6H2,1-2H3,(H,25,26)/b16-11+. The molecule has 0 aliphatic heterocycles. The van der Waals surface area contributed by atoms with Crippen LogP contribution in [-0.4, -0.2) is 12.0 Å². The Morgan fingerprint density at radius 3 is 2.57 bits per heavy atom. The van der Waals surface area contributed by atoms with Gasteiger partial charge in [-0.3, -0.25) is 4.79 Å². The molecule has 0 saturated heterocycles. The van der Waals surface area contributed by atoms with Crippen LogP contribution in [0.4, 0.5) is 5.00 Å². The Hall–Kier alpha value is -3.09. The molecule has 0 saturated carbocycles. The van der Waals surface area contributed by atoms with Gasteiger partial charge in [-0.2, -0.15) is 10.5 Å².